The molecule has 0 atom stereocenters. The van der Waals surface area contributed by atoms with E-state index in [0.717, 1.165) is 17.5 Å². The molecule has 0 fully saturated rings. The zero-order valence-electron chi connectivity index (χ0n) is 17.9. The van der Waals surface area contributed by atoms with Crippen molar-refractivity contribution in [3.05, 3.63) is 29.1 Å². The highest BCUT2D eigenvalue weighted by molar-refractivity contribution is 6.19. The summed E-state index contributed by atoms with van der Waals surface area (Å²) in [7, 11) is 1.50. The topological polar surface area (TPSA) is 99.7 Å². The van der Waals surface area contributed by atoms with Crippen LogP contribution < -0.4 is 9.47 Å². The van der Waals surface area contributed by atoms with Gasteiger partial charge in [-0.2, -0.15) is 0 Å². The Morgan fingerprint density at radius 3 is 2.27 bits per heavy atom. The number of methoxy groups -OCH3 is 1. The molecule has 0 saturated heterocycles. The van der Waals surface area contributed by atoms with Crippen molar-refractivity contribution in [1.82, 2.24) is 9.97 Å². The molecule has 0 saturated carbocycles. The number of pyridine rings is 1. The van der Waals surface area contributed by atoms with E-state index in [4.69, 9.17) is 18.9 Å². The van der Waals surface area contributed by atoms with Crippen LogP contribution in [0.15, 0.2) is 12.1 Å². The van der Waals surface area contributed by atoms with Gasteiger partial charge < -0.3 is 23.9 Å². The van der Waals surface area contributed by atoms with Crippen molar-refractivity contribution in [2.75, 3.05) is 26.9 Å². The molecule has 1 N–H and O–H groups in total. The van der Waals surface area contributed by atoms with E-state index in [1.165, 1.54) is 13.2 Å². The van der Waals surface area contributed by atoms with Crippen LogP contribution in [0.3, 0.4) is 0 Å². The average molecular weight is 414 g/mol. The molecule has 30 heavy (non-hydrogen) atoms. The van der Waals surface area contributed by atoms with Crippen molar-refractivity contribution in [1.29, 1.82) is 0 Å². The van der Waals surface area contributed by atoms with Crippen molar-refractivity contribution < 1.29 is 28.5 Å². The van der Waals surface area contributed by atoms with Crippen molar-refractivity contribution in [2.45, 2.75) is 34.1 Å². The second kappa shape index (κ2) is 9.02. The molecule has 0 bridgehead atoms. The molecule has 8 nitrogen and oxygen atoms in total. The number of carbonyl (C=O) groups is 2. The molecule has 0 radical (unpaired) electrons. The molecule has 0 aliphatic heterocycles. The number of nitrogens with one attached hydrogen (secondary N) is 1. The maximum absolute atomic E-state index is 12.8. The molecule has 0 amide bonds. The predicted octanol–water partition coefficient (Wildman–Crippen LogP) is 4.04. The SMILES string of the molecule is CCOC(=O)c1cc(C(=O)OCC)c2c(n1)c(OC)c(OCC)c1cc(CC)[nH]c12. The highest BCUT2D eigenvalue weighted by Gasteiger charge is 2.27. The number of rotatable bonds is 8. The first kappa shape index (κ1) is 21.4. The van der Waals surface area contributed by atoms with Crippen LogP contribution >= 0.6 is 0 Å². The monoisotopic (exact) mass is 414 g/mol. The number of hydrogen-bond donors (Lipinski definition) is 1. The Balaban J connectivity index is 2.50. The van der Waals surface area contributed by atoms with Crippen LogP contribution in [0.25, 0.3) is 21.8 Å². The van der Waals surface area contributed by atoms with Crippen LogP contribution in [0.1, 0.15) is 54.2 Å². The van der Waals surface area contributed by atoms with Gasteiger partial charge in [0.05, 0.1) is 38.0 Å². The molecule has 3 aromatic rings. The second-order valence-corrected chi connectivity index (χ2v) is 6.45. The summed E-state index contributed by atoms with van der Waals surface area (Å²) in [6, 6.07) is 3.38. The third kappa shape index (κ3) is 3.65. The van der Waals surface area contributed by atoms with Gasteiger partial charge in [-0.05, 0) is 39.3 Å². The summed E-state index contributed by atoms with van der Waals surface area (Å²) in [4.78, 5) is 33.1. The number of hydrogen-bond acceptors (Lipinski definition) is 7. The first-order valence-electron chi connectivity index (χ1n) is 10.0. The molecule has 0 unspecified atom stereocenters. The molecular weight excluding hydrogens is 388 g/mol. The molecule has 0 aliphatic rings. The second-order valence-electron chi connectivity index (χ2n) is 6.45. The van der Waals surface area contributed by atoms with E-state index in [1.807, 2.05) is 19.9 Å². The number of nitrogens with zero attached hydrogens (tertiary/aromatic N) is 1. The number of fused-ring (bicyclic) bond motifs is 3. The maximum atomic E-state index is 12.8. The zero-order valence-corrected chi connectivity index (χ0v) is 17.9. The van der Waals surface area contributed by atoms with Gasteiger partial charge in [0.15, 0.2) is 11.5 Å². The quantitative estimate of drug-likeness (QED) is 0.555. The first-order valence-corrected chi connectivity index (χ1v) is 10.0. The van der Waals surface area contributed by atoms with E-state index in [2.05, 4.69) is 9.97 Å². The smallest absolute Gasteiger partial charge is 0.356 e. The first-order chi connectivity index (χ1) is 14.5. The Kier molecular flexibility index (Phi) is 6.44. The summed E-state index contributed by atoms with van der Waals surface area (Å²) < 4.78 is 21.9. The number of aryl methyl sites for hydroxylation is 1. The largest absolute Gasteiger partial charge is 0.491 e. The van der Waals surface area contributed by atoms with E-state index < -0.39 is 11.9 Å². The van der Waals surface area contributed by atoms with Crippen LogP contribution in [0.5, 0.6) is 11.5 Å². The molecule has 1 aromatic carbocycles. The summed E-state index contributed by atoms with van der Waals surface area (Å²) in [6.45, 7) is 8.10. The van der Waals surface area contributed by atoms with Gasteiger partial charge in [-0.15, -0.1) is 0 Å². The normalized spacial score (nSPS) is 11.0. The van der Waals surface area contributed by atoms with Gasteiger partial charge in [0, 0.05) is 16.5 Å². The number of ether oxygens (including phenoxy) is 4. The molecule has 3 rings (SSSR count). The lowest BCUT2D eigenvalue weighted by atomic mass is 10.0. The molecule has 8 heteroatoms. The lowest BCUT2D eigenvalue weighted by Gasteiger charge is -2.16. The minimum Gasteiger partial charge on any atom is -0.491 e. The van der Waals surface area contributed by atoms with Gasteiger partial charge in [0.25, 0.3) is 0 Å². The molecule has 160 valence electrons. The van der Waals surface area contributed by atoms with Crippen molar-refractivity contribution >= 4 is 33.7 Å². The Morgan fingerprint density at radius 2 is 1.67 bits per heavy atom. The number of aromatic amines is 1. The summed E-state index contributed by atoms with van der Waals surface area (Å²) in [6.07, 6.45) is 0.757. The predicted molar refractivity (Wildman–Crippen MR) is 113 cm³/mol. The van der Waals surface area contributed by atoms with E-state index in [-0.39, 0.29) is 24.5 Å². The van der Waals surface area contributed by atoms with Crippen LogP contribution in [0, 0.1) is 0 Å². The fourth-order valence-corrected chi connectivity index (χ4v) is 3.43. The lowest BCUT2D eigenvalue weighted by Crippen LogP contribution is -2.13. The van der Waals surface area contributed by atoms with Gasteiger partial charge >= 0.3 is 11.9 Å². The van der Waals surface area contributed by atoms with Crippen LogP contribution in [0.2, 0.25) is 0 Å². The van der Waals surface area contributed by atoms with Crippen molar-refractivity contribution in [3.63, 3.8) is 0 Å². The number of aromatic nitrogens is 2. The van der Waals surface area contributed by atoms with Crippen molar-refractivity contribution in [3.8, 4) is 11.5 Å². The standard InChI is InChI=1S/C22H26N2O6/c1-6-12-10-14-17(23-12)16-13(21(25)29-8-3)11-15(22(26)30-9-4)24-18(16)20(27-5)19(14)28-7-2/h10-11,23H,6-9H2,1-5H3. The lowest BCUT2D eigenvalue weighted by molar-refractivity contribution is 0.0519. The van der Waals surface area contributed by atoms with Crippen LogP contribution in [-0.2, 0) is 15.9 Å². The van der Waals surface area contributed by atoms with Crippen LogP contribution in [-0.4, -0.2) is 48.8 Å². The zero-order chi connectivity index (χ0) is 21.8. The Hall–Kier alpha value is -3.29. The number of H-pyrrole nitrogens is 1. The summed E-state index contributed by atoms with van der Waals surface area (Å²) in [5.41, 5.74) is 2.17. The Morgan fingerprint density at radius 1 is 0.967 bits per heavy atom. The van der Waals surface area contributed by atoms with Gasteiger partial charge in [-0.25, -0.2) is 14.6 Å². The minimum atomic E-state index is -0.634. The Labute approximate surface area is 174 Å². The molecule has 2 heterocycles. The molecule has 0 aliphatic carbocycles. The number of benzene rings is 1. The van der Waals surface area contributed by atoms with E-state index in [9.17, 15) is 9.59 Å². The average Bonchev–Trinajstić information content (AvgIpc) is 3.18. The van der Waals surface area contributed by atoms with Crippen molar-refractivity contribution in [2.24, 2.45) is 0 Å². The van der Waals surface area contributed by atoms with E-state index in [1.54, 1.807) is 13.8 Å². The number of esters is 2. The van der Waals surface area contributed by atoms with E-state index >= 15 is 0 Å². The van der Waals surface area contributed by atoms with Gasteiger partial charge in [0.1, 0.15) is 11.2 Å². The highest BCUT2D eigenvalue weighted by atomic mass is 16.5. The van der Waals surface area contributed by atoms with Gasteiger partial charge in [-0.3, -0.25) is 0 Å². The Bertz CT molecular complexity index is 1100. The highest BCUT2D eigenvalue weighted by Crippen LogP contribution is 2.44. The molecule has 2 aromatic heterocycles. The third-order valence-electron chi connectivity index (χ3n) is 4.66. The summed E-state index contributed by atoms with van der Waals surface area (Å²) >= 11 is 0. The number of carbonyl (C=O) groups excluding carboxylic acids is 2. The summed E-state index contributed by atoms with van der Waals surface area (Å²) in [5.74, 6) is -0.346. The fourth-order valence-electron chi connectivity index (χ4n) is 3.43. The van der Waals surface area contributed by atoms with E-state index in [0.29, 0.717) is 34.5 Å². The van der Waals surface area contributed by atoms with Gasteiger partial charge in [0.2, 0.25) is 0 Å². The summed E-state index contributed by atoms with van der Waals surface area (Å²) in [5, 5.41) is 1.28. The maximum Gasteiger partial charge on any atom is 0.356 e. The minimum absolute atomic E-state index is 0.00484. The molecular formula is C22H26N2O6. The van der Waals surface area contributed by atoms with Crippen LogP contribution in [0.4, 0.5) is 0 Å². The third-order valence-corrected chi connectivity index (χ3v) is 4.66. The fraction of sp³-hybridized carbons (Fsp3) is 0.409. The molecule has 0 spiro atoms. The van der Waals surface area contributed by atoms with Gasteiger partial charge in [-0.1, -0.05) is 6.92 Å².